The summed E-state index contributed by atoms with van der Waals surface area (Å²) in [6.07, 6.45) is 2.10. The Bertz CT molecular complexity index is 226. The molecule has 0 aromatic rings. The zero-order valence-corrected chi connectivity index (χ0v) is 13.4. The zero-order valence-electron chi connectivity index (χ0n) is 13.4. The molecule has 0 N–H and O–H groups in total. The van der Waals surface area contributed by atoms with Crippen molar-refractivity contribution in [2.75, 3.05) is 46.4 Å². The third-order valence-electron chi connectivity index (χ3n) is 3.26. The fourth-order valence-electron chi connectivity index (χ4n) is 1.66. The first-order valence-electron chi connectivity index (χ1n) is 7.62. The molecule has 1 rings (SSSR count). The molecule has 0 saturated carbocycles. The quantitative estimate of drug-likeness (QED) is 0.719. The Kier molecular flexibility index (Phi) is 10.9. The number of piperazine rings is 1. The van der Waals surface area contributed by atoms with Gasteiger partial charge in [-0.1, -0.05) is 34.1 Å². The Morgan fingerprint density at radius 1 is 1.16 bits per heavy atom. The zero-order chi connectivity index (χ0) is 14.7. The highest BCUT2D eigenvalue weighted by Crippen LogP contribution is 2.04. The maximum Gasteiger partial charge on any atom is 0.308 e. The van der Waals surface area contributed by atoms with Crippen molar-refractivity contribution in [2.45, 2.75) is 40.5 Å². The Balaban J connectivity index is 0.000000982. The number of hydrogen-bond donors (Lipinski definition) is 0. The van der Waals surface area contributed by atoms with E-state index >= 15 is 0 Å². The summed E-state index contributed by atoms with van der Waals surface area (Å²) >= 11 is 0. The predicted octanol–water partition coefficient (Wildman–Crippen LogP) is 2.24. The van der Waals surface area contributed by atoms with E-state index in [0.717, 1.165) is 39.1 Å². The van der Waals surface area contributed by atoms with Crippen LogP contribution in [0.4, 0.5) is 0 Å². The normalized spacial score (nSPS) is 18.4. The van der Waals surface area contributed by atoms with Gasteiger partial charge in [0.05, 0.1) is 5.92 Å². The number of nitrogens with zero attached hydrogens (tertiary/aromatic N) is 2. The lowest BCUT2D eigenvalue weighted by Crippen LogP contribution is -2.45. The van der Waals surface area contributed by atoms with E-state index in [1.54, 1.807) is 0 Å². The first-order valence-corrected chi connectivity index (χ1v) is 7.62. The van der Waals surface area contributed by atoms with Crippen molar-refractivity contribution in [3.8, 4) is 0 Å². The average molecular weight is 272 g/mol. The Morgan fingerprint density at radius 2 is 1.68 bits per heavy atom. The maximum atomic E-state index is 11.4. The van der Waals surface area contributed by atoms with Gasteiger partial charge in [0.1, 0.15) is 6.61 Å². The van der Waals surface area contributed by atoms with E-state index in [-0.39, 0.29) is 11.9 Å². The molecule has 0 spiro atoms. The van der Waals surface area contributed by atoms with Crippen LogP contribution in [0.15, 0.2) is 0 Å². The molecule has 1 atom stereocenters. The lowest BCUT2D eigenvalue weighted by atomic mass is 10.1. The van der Waals surface area contributed by atoms with Crippen LogP contribution in [0.2, 0.25) is 0 Å². The van der Waals surface area contributed by atoms with Gasteiger partial charge in [-0.2, -0.15) is 0 Å². The highest BCUT2D eigenvalue weighted by molar-refractivity contribution is 5.71. The van der Waals surface area contributed by atoms with Gasteiger partial charge >= 0.3 is 5.97 Å². The fourth-order valence-corrected chi connectivity index (χ4v) is 1.66. The van der Waals surface area contributed by atoms with E-state index in [1.165, 1.54) is 6.42 Å². The number of esters is 1. The minimum Gasteiger partial charge on any atom is -0.464 e. The summed E-state index contributed by atoms with van der Waals surface area (Å²) in [5, 5.41) is 0. The molecule has 0 bridgehead atoms. The van der Waals surface area contributed by atoms with E-state index < -0.39 is 0 Å². The van der Waals surface area contributed by atoms with Gasteiger partial charge in [-0.15, -0.1) is 0 Å². The fraction of sp³-hybridized carbons (Fsp3) is 0.933. The van der Waals surface area contributed by atoms with Crippen molar-refractivity contribution in [1.29, 1.82) is 0 Å². The van der Waals surface area contributed by atoms with Crippen LogP contribution in [0.25, 0.3) is 0 Å². The number of carbonyl (C=O) groups excluding carboxylic acids is 1. The Hall–Kier alpha value is -0.610. The Morgan fingerprint density at radius 3 is 2.16 bits per heavy atom. The third-order valence-corrected chi connectivity index (χ3v) is 3.26. The summed E-state index contributed by atoms with van der Waals surface area (Å²) in [7, 11) is 2.14. The molecule has 0 aliphatic carbocycles. The highest BCUT2D eigenvalue weighted by atomic mass is 16.5. The molecule has 0 radical (unpaired) electrons. The van der Waals surface area contributed by atoms with Gasteiger partial charge in [0.25, 0.3) is 0 Å². The molecule has 1 aliphatic rings. The molecule has 19 heavy (non-hydrogen) atoms. The lowest BCUT2D eigenvalue weighted by Gasteiger charge is -2.32. The van der Waals surface area contributed by atoms with Gasteiger partial charge in [0.2, 0.25) is 0 Å². The van der Waals surface area contributed by atoms with Gasteiger partial charge < -0.3 is 9.64 Å². The van der Waals surface area contributed by atoms with Crippen molar-refractivity contribution in [1.82, 2.24) is 9.80 Å². The minimum absolute atomic E-state index is 0.0347. The predicted molar refractivity (Wildman–Crippen MR) is 80.3 cm³/mol. The molecule has 0 aromatic carbocycles. The number of hydrogen-bond acceptors (Lipinski definition) is 4. The molecule has 1 saturated heterocycles. The number of likely N-dealkylation sites (N-methyl/N-ethyl adjacent to an activating group) is 1. The van der Waals surface area contributed by atoms with Crippen LogP contribution in [0.5, 0.6) is 0 Å². The molecule has 0 aromatic heterocycles. The van der Waals surface area contributed by atoms with Crippen LogP contribution >= 0.6 is 0 Å². The first kappa shape index (κ1) is 18.4. The van der Waals surface area contributed by atoms with E-state index in [0.29, 0.717) is 6.61 Å². The number of carbonyl (C=O) groups is 1. The summed E-state index contributed by atoms with van der Waals surface area (Å²) in [4.78, 5) is 16.1. The summed E-state index contributed by atoms with van der Waals surface area (Å²) < 4.78 is 5.23. The van der Waals surface area contributed by atoms with Crippen molar-refractivity contribution < 1.29 is 9.53 Å². The van der Waals surface area contributed by atoms with Crippen molar-refractivity contribution >= 4 is 5.97 Å². The average Bonchev–Trinajstić information content (AvgIpc) is 2.41. The highest BCUT2D eigenvalue weighted by Gasteiger charge is 2.15. The van der Waals surface area contributed by atoms with E-state index in [2.05, 4.69) is 30.7 Å². The molecule has 1 fully saturated rings. The molecule has 4 heteroatoms. The molecule has 114 valence electrons. The third kappa shape index (κ3) is 9.00. The summed E-state index contributed by atoms with van der Waals surface area (Å²) in [5.74, 6) is -0.0240. The van der Waals surface area contributed by atoms with Crippen LogP contribution in [0.1, 0.15) is 40.5 Å². The summed E-state index contributed by atoms with van der Waals surface area (Å²) in [6, 6.07) is 0. The van der Waals surface area contributed by atoms with Crippen molar-refractivity contribution in [2.24, 2.45) is 5.92 Å². The maximum absolute atomic E-state index is 11.4. The van der Waals surface area contributed by atoms with Crippen molar-refractivity contribution in [3.63, 3.8) is 0 Å². The topological polar surface area (TPSA) is 32.8 Å². The second-order valence-corrected chi connectivity index (χ2v) is 5.33. The molecule has 0 amide bonds. The minimum atomic E-state index is -0.0587. The van der Waals surface area contributed by atoms with Gasteiger partial charge in [-0.25, -0.2) is 0 Å². The second kappa shape index (κ2) is 11.2. The SMILES string of the molecule is CCC.CC[C@@H](C)C(=O)OCCN1CCN(C)CC1. The van der Waals surface area contributed by atoms with Gasteiger partial charge in [-0.3, -0.25) is 9.69 Å². The standard InChI is InChI=1S/C12H24N2O2.C3H8/c1-4-11(2)12(15)16-10-9-14-7-5-13(3)6-8-14;1-3-2/h11H,4-10H2,1-3H3;3H2,1-2H3/t11-;/m1./s1. The molecule has 1 heterocycles. The van der Waals surface area contributed by atoms with E-state index in [1.807, 2.05) is 13.8 Å². The van der Waals surface area contributed by atoms with Gasteiger partial charge in [0, 0.05) is 32.7 Å². The number of ether oxygens (including phenoxy) is 1. The lowest BCUT2D eigenvalue weighted by molar-refractivity contribution is -0.148. The van der Waals surface area contributed by atoms with Crippen LogP contribution < -0.4 is 0 Å². The molecule has 4 nitrogen and oxygen atoms in total. The number of rotatable bonds is 5. The second-order valence-electron chi connectivity index (χ2n) is 5.33. The molecule has 1 aliphatic heterocycles. The van der Waals surface area contributed by atoms with Crippen LogP contribution in [-0.2, 0) is 9.53 Å². The summed E-state index contributed by atoms with van der Waals surface area (Å²) in [5.41, 5.74) is 0. The van der Waals surface area contributed by atoms with Crippen LogP contribution in [0, 0.1) is 5.92 Å². The van der Waals surface area contributed by atoms with Crippen LogP contribution in [-0.4, -0.2) is 62.1 Å². The molecular weight excluding hydrogens is 240 g/mol. The van der Waals surface area contributed by atoms with E-state index in [9.17, 15) is 4.79 Å². The van der Waals surface area contributed by atoms with Gasteiger partial charge in [0.15, 0.2) is 0 Å². The first-order chi connectivity index (χ1) is 9.04. The van der Waals surface area contributed by atoms with Gasteiger partial charge in [-0.05, 0) is 13.5 Å². The van der Waals surface area contributed by atoms with E-state index in [4.69, 9.17) is 4.74 Å². The largest absolute Gasteiger partial charge is 0.464 e. The molecular formula is C15H32N2O2. The summed E-state index contributed by atoms with van der Waals surface area (Å²) in [6.45, 7) is 14.0. The monoisotopic (exact) mass is 272 g/mol. The molecule has 0 unspecified atom stereocenters. The Labute approximate surface area is 119 Å². The van der Waals surface area contributed by atoms with Crippen LogP contribution in [0.3, 0.4) is 0 Å². The smallest absolute Gasteiger partial charge is 0.308 e. The van der Waals surface area contributed by atoms with Crippen molar-refractivity contribution in [3.05, 3.63) is 0 Å².